The number of hydrogen-bond donors (Lipinski definition) is 1. The Labute approximate surface area is 136 Å². The summed E-state index contributed by atoms with van der Waals surface area (Å²) < 4.78 is 0. The van der Waals surface area contributed by atoms with Crippen molar-refractivity contribution < 1.29 is 4.79 Å². The number of nitrogens with zero attached hydrogens (tertiary/aromatic N) is 1. The summed E-state index contributed by atoms with van der Waals surface area (Å²) in [6.07, 6.45) is 4.30. The van der Waals surface area contributed by atoms with Crippen LogP contribution in [0.5, 0.6) is 0 Å². The van der Waals surface area contributed by atoms with E-state index < -0.39 is 0 Å². The Morgan fingerprint density at radius 3 is 2.64 bits per heavy atom. The zero-order valence-electron chi connectivity index (χ0n) is 12.8. The molecule has 0 aliphatic carbocycles. The molecule has 1 unspecified atom stereocenters. The van der Waals surface area contributed by atoms with Gasteiger partial charge in [0.2, 0.25) is 5.91 Å². The maximum atomic E-state index is 12.4. The first-order chi connectivity index (χ1) is 10.7. The van der Waals surface area contributed by atoms with Crippen LogP contribution in [0.15, 0.2) is 48.7 Å². The average Bonchev–Trinajstić information content (AvgIpc) is 2.54. The summed E-state index contributed by atoms with van der Waals surface area (Å²) in [5.74, 6) is -0.0499. The molecule has 116 valence electrons. The fraction of sp³-hybridized carbons (Fsp3) is 0.333. The van der Waals surface area contributed by atoms with E-state index in [2.05, 4.69) is 17.2 Å². The fourth-order valence-electron chi connectivity index (χ4n) is 2.42. The van der Waals surface area contributed by atoms with E-state index >= 15 is 0 Å². The maximum Gasteiger partial charge on any atom is 0.227 e. The number of halogens is 1. The average molecular weight is 317 g/mol. The second-order valence-electron chi connectivity index (χ2n) is 5.25. The predicted molar refractivity (Wildman–Crippen MR) is 90.1 cm³/mol. The van der Waals surface area contributed by atoms with E-state index in [1.165, 1.54) is 0 Å². The van der Waals surface area contributed by atoms with Crippen LogP contribution in [0.3, 0.4) is 0 Å². The van der Waals surface area contributed by atoms with Gasteiger partial charge in [0.25, 0.3) is 0 Å². The van der Waals surface area contributed by atoms with Gasteiger partial charge < -0.3 is 5.32 Å². The summed E-state index contributed by atoms with van der Waals surface area (Å²) >= 11 is 5.92. The summed E-state index contributed by atoms with van der Waals surface area (Å²) in [6.45, 7) is 2.69. The topological polar surface area (TPSA) is 42.0 Å². The van der Waals surface area contributed by atoms with Gasteiger partial charge in [0.15, 0.2) is 0 Å². The minimum absolute atomic E-state index is 0.0695. The lowest BCUT2D eigenvalue weighted by Gasteiger charge is -2.16. The van der Waals surface area contributed by atoms with Crippen LogP contribution >= 0.6 is 11.6 Å². The van der Waals surface area contributed by atoms with E-state index in [0.717, 1.165) is 30.5 Å². The van der Waals surface area contributed by atoms with Crippen LogP contribution in [0, 0.1) is 0 Å². The van der Waals surface area contributed by atoms with E-state index in [-0.39, 0.29) is 11.8 Å². The summed E-state index contributed by atoms with van der Waals surface area (Å²) in [4.78, 5) is 16.7. The highest BCUT2D eigenvalue weighted by Crippen LogP contribution is 2.23. The van der Waals surface area contributed by atoms with E-state index in [9.17, 15) is 4.79 Å². The molecule has 4 heteroatoms. The van der Waals surface area contributed by atoms with Gasteiger partial charge in [-0.3, -0.25) is 9.78 Å². The molecule has 1 aromatic heterocycles. The largest absolute Gasteiger partial charge is 0.355 e. The standard InChI is InChI=1S/C18H21ClN2O/c1-2-5-17(14-7-9-15(19)10-8-14)18(22)21-13-11-16-6-3-4-12-20-16/h3-4,6-10,12,17H,2,5,11,13H2,1H3,(H,21,22). The highest BCUT2D eigenvalue weighted by Gasteiger charge is 2.19. The number of rotatable bonds is 7. The Morgan fingerprint density at radius 2 is 2.00 bits per heavy atom. The highest BCUT2D eigenvalue weighted by atomic mass is 35.5. The van der Waals surface area contributed by atoms with Gasteiger partial charge in [0.05, 0.1) is 5.92 Å². The molecule has 0 bridgehead atoms. The normalized spacial score (nSPS) is 11.9. The number of carbonyl (C=O) groups excluding carboxylic acids is 1. The molecule has 1 aromatic carbocycles. The minimum Gasteiger partial charge on any atom is -0.355 e. The van der Waals surface area contributed by atoms with E-state index in [4.69, 9.17) is 11.6 Å². The molecule has 2 aromatic rings. The molecule has 0 saturated heterocycles. The number of hydrogen-bond acceptors (Lipinski definition) is 2. The Morgan fingerprint density at radius 1 is 1.23 bits per heavy atom. The Bertz CT molecular complexity index is 584. The van der Waals surface area contributed by atoms with Gasteiger partial charge in [-0.05, 0) is 36.2 Å². The van der Waals surface area contributed by atoms with Crippen molar-refractivity contribution in [3.05, 3.63) is 64.9 Å². The van der Waals surface area contributed by atoms with Crippen LogP contribution in [-0.2, 0) is 11.2 Å². The van der Waals surface area contributed by atoms with E-state index in [1.54, 1.807) is 6.20 Å². The van der Waals surface area contributed by atoms with Crippen molar-refractivity contribution in [1.82, 2.24) is 10.3 Å². The number of amides is 1. The summed E-state index contributed by atoms with van der Waals surface area (Å²) in [5, 5.41) is 3.71. The molecule has 22 heavy (non-hydrogen) atoms. The Kier molecular flexibility index (Phi) is 6.41. The highest BCUT2D eigenvalue weighted by molar-refractivity contribution is 6.30. The molecule has 3 nitrogen and oxygen atoms in total. The molecule has 0 radical (unpaired) electrons. The second-order valence-corrected chi connectivity index (χ2v) is 5.69. The Balaban J connectivity index is 1.93. The third-order valence-corrected chi connectivity index (χ3v) is 3.82. The Hall–Kier alpha value is -1.87. The van der Waals surface area contributed by atoms with Crippen LogP contribution in [-0.4, -0.2) is 17.4 Å². The van der Waals surface area contributed by atoms with E-state index in [0.29, 0.717) is 11.6 Å². The van der Waals surface area contributed by atoms with Crippen LogP contribution in [0.25, 0.3) is 0 Å². The zero-order chi connectivity index (χ0) is 15.8. The third-order valence-electron chi connectivity index (χ3n) is 3.57. The van der Waals surface area contributed by atoms with Gasteiger partial charge in [-0.2, -0.15) is 0 Å². The van der Waals surface area contributed by atoms with Gasteiger partial charge in [0.1, 0.15) is 0 Å². The van der Waals surface area contributed by atoms with Crippen LogP contribution in [0.2, 0.25) is 5.02 Å². The molecule has 0 fully saturated rings. The van der Waals surface area contributed by atoms with Crippen LogP contribution in [0.1, 0.15) is 36.9 Å². The lowest BCUT2D eigenvalue weighted by atomic mass is 9.93. The molecule has 0 spiro atoms. The molecule has 1 atom stereocenters. The first-order valence-electron chi connectivity index (χ1n) is 7.63. The SMILES string of the molecule is CCCC(C(=O)NCCc1ccccn1)c1ccc(Cl)cc1. The lowest BCUT2D eigenvalue weighted by Crippen LogP contribution is -2.31. The summed E-state index contributed by atoms with van der Waals surface area (Å²) in [5.41, 5.74) is 2.00. The number of carbonyl (C=O) groups is 1. The number of nitrogens with one attached hydrogen (secondary N) is 1. The van der Waals surface area contributed by atoms with Crippen molar-refractivity contribution >= 4 is 17.5 Å². The van der Waals surface area contributed by atoms with E-state index in [1.807, 2.05) is 42.5 Å². The van der Waals surface area contributed by atoms with Crippen molar-refractivity contribution in [2.45, 2.75) is 32.1 Å². The molecule has 0 aliphatic heterocycles. The van der Waals surface area contributed by atoms with Crippen LogP contribution in [0.4, 0.5) is 0 Å². The summed E-state index contributed by atoms with van der Waals surface area (Å²) in [6, 6.07) is 13.3. The number of aromatic nitrogens is 1. The van der Waals surface area contributed by atoms with Crippen molar-refractivity contribution in [3.8, 4) is 0 Å². The molecule has 2 rings (SSSR count). The van der Waals surface area contributed by atoms with Crippen molar-refractivity contribution in [2.75, 3.05) is 6.54 Å². The molecule has 1 heterocycles. The zero-order valence-corrected chi connectivity index (χ0v) is 13.5. The van der Waals surface area contributed by atoms with Crippen molar-refractivity contribution in [1.29, 1.82) is 0 Å². The molecule has 1 N–H and O–H groups in total. The van der Waals surface area contributed by atoms with Gasteiger partial charge in [-0.15, -0.1) is 0 Å². The molecular formula is C18H21ClN2O. The van der Waals surface area contributed by atoms with Crippen LogP contribution < -0.4 is 5.32 Å². The predicted octanol–water partition coefficient (Wildman–Crippen LogP) is 3.98. The van der Waals surface area contributed by atoms with Gasteiger partial charge >= 0.3 is 0 Å². The fourth-order valence-corrected chi connectivity index (χ4v) is 2.54. The van der Waals surface area contributed by atoms with Gasteiger partial charge in [-0.1, -0.05) is 43.1 Å². The second kappa shape index (κ2) is 8.54. The number of benzene rings is 1. The molecular weight excluding hydrogens is 296 g/mol. The molecule has 0 saturated carbocycles. The smallest absolute Gasteiger partial charge is 0.227 e. The van der Waals surface area contributed by atoms with Crippen molar-refractivity contribution in [2.24, 2.45) is 0 Å². The first-order valence-corrected chi connectivity index (χ1v) is 8.01. The quantitative estimate of drug-likeness (QED) is 0.839. The van der Waals surface area contributed by atoms with Gasteiger partial charge in [-0.25, -0.2) is 0 Å². The van der Waals surface area contributed by atoms with Gasteiger partial charge in [0, 0.05) is 29.9 Å². The van der Waals surface area contributed by atoms with Crippen molar-refractivity contribution in [3.63, 3.8) is 0 Å². The monoisotopic (exact) mass is 316 g/mol. The maximum absolute atomic E-state index is 12.4. The number of pyridine rings is 1. The minimum atomic E-state index is -0.119. The molecule has 1 amide bonds. The third kappa shape index (κ3) is 4.85. The first kappa shape index (κ1) is 16.5. The summed E-state index contributed by atoms with van der Waals surface area (Å²) in [7, 11) is 0. The lowest BCUT2D eigenvalue weighted by molar-refractivity contribution is -0.122. The molecule has 0 aliphatic rings.